The first-order chi connectivity index (χ1) is 12.1. The van der Waals surface area contributed by atoms with Gasteiger partial charge in [0.1, 0.15) is 0 Å². The summed E-state index contributed by atoms with van der Waals surface area (Å²) in [5.74, 6) is -0.627. The van der Waals surface area contributed by atoms with Gasteiger partial charge in [0.05, 0.1) is 11.3 Å². The second-order valence-electron chi connectivity index (χ2n) is 6.09. The highest BCUT2D eigenvalue weighted by Crippen LogP contribution is 2.20. The van der Waals surface area contributed by atoms with Gasteiger partial charge in [0.15, 0.2) is 0 Å². The van der Waals surface area contributed by atoms with E-state index < -0.39 is 5.97 Å². The first-order valence-corrected chi connectivity index (χ1v) is 8.29. The molecule has 1 saturated heterocycles. The number of benzene rings is 1. The average molecular weight is 340 g/mol. The Morgan fingerprint density at radius 2 is 2.12 bits per heavy atom. The fourth-order valence-corrected chi connectivity index (χ4v) is 2.84. The molecule has 2 heterocycles. The van der Waals surface area contributed by atoms with Gasteiger partial charge in [-0.05, 0) is 43.0 Å². The van der Waals surface area contributed by atoms with Crippen molar-refractivity contribution < 1.29 is 19.4 Å². The predicted octanol–water partition coefficient (Wildman–Crippen LogP) is 2.60. The lowest BCUT2D eigenvalue weighted by Crippen LogP contribution is -2.26. The number of carbonyl (C=O) groups is 2. The number of carboxylic acids is 1. The number of nitrogens with zero attached hydrogens (tertiary/aromatic N) is 1. The van der Waals surface area contributed by atoms with Crippen molar-refractivity contribution >= 4 is 11.9 Å². The molecule has 3 rings (SSSR count). The lowest BCUT2D eigenvalue weighted by atomic mass is 10.0. The van der Waals surface area contributed by atoms with Crippen molar-refractivity contribution in [1.82, 2.24) is 10.3 Å². The summed E-state index contributed by atoms with van der Waals surface area (Å²) in [5.41, 5.74) is 1.93. The second kappa shape index (κ2) is 7.90. The Bertz CT molecular complexity index is 770. The van der Waals surface area contributed by atoms with Gasteiger partial charge in [-0.15, -0.1) is 0 Å². The number of rotatable bonds is 6. The quantitative estimate of drug-likeness (QED) is 0.844. The molecular formula is C19H20N2O4. The molecule has 6 heteroatoms. The summed E-state index contributed by atoms with van der Waals surface area (Å²) in [5, 5.41) is 12.0. The number of carbonyl (C=O) groups excluding carboxylic acids is 1. The third-order valence-electron chi connectivity index (χ3n) is 4.29. The van der Waals surface area contributed by atoms with Gasteiger partial charge >= 0.3 is 5.97 Å². The van der Waals surface area contributed by atoms with E-state index in [9.17, 15) is 9.59 Å². The molecule has 0 spiro atoms. The Labute approximate surface area is 145 Å². The number of aromatic carboxylic acids is 1. The van der Waals surface area contributed by atoms with Crippen LogP contribution in [0, 0.1) is 5.92 Å². The number of amides is 1. The highest BCUT2D eigenvalue weighted by atomic mass is 16.5. The fourth-order valence-electron chi connectivity index (χ4n) is 2.84. The molecule has 25 heavy (non-hydrogen) atoms. The molecule has 1 fully saturated rings. The number of nitrogens with one attached hydrogen (secondary N) is 1. The summed E-state index contributed by atoms with van der Waals surface area (Å²) < 4.78 is 5.33. The van der Waals surface area contributed by atoms with E-state index in [1.54, 1.807) is 24.3 Å². The molecule has 0 unspecified atom stereocenters. The third kappa shape index (κ3) is 4.42. The van der Waals surface area contributed by atoms with Crippen molar-refractivity contribution in [3.05, 3.63) is 53.7 Å². The molecule has 1 aliphatic heterocycles. The molecule has 6 nitrogen and oxygen atoms in total. The minimum Gasteiger partial charge on any atom is -0.478 e. The number of aromatic nitrogens is 1. The second-order valence-corrected chi connectivity index (χ2v) is 6.09. The largest absolute Gasteiger partial charge is 0.478 e. The molecule has 1 atom stereocenters. The molecule has 0 saturated carbocycles. The zero-order valence-corrected chi connectivity index (χ0v) is 13.8. The van der Waals surface area contributed by atoms with Gasteiger partial charge in [0, 0.05) is 37.1 Å². The van der Waals surface area contributed by atoms with Crippen LogP contribution in [0.3, 0.4) is 0 Å². The minimum absolute atomic E-state index is 0.143. The van der Waals surface area contributed by atoms with E-state index in [-0.39, 0.29) is 11.5 Å². The fraction of sp³-hybridized carbons (Fsp3) is 0.316. The Hall–Kier alpha value is -2.73. The van der Waals surface area contributed by atoms with E-state index in [0.29, 0.717) is 29.3 Å². The van der Waals surface area contributed by atoms with Gasteiger partial charge < -0.3 is 15.2 Å². The Morgan fingerprint density at radius 3 is 2.88 bits per heavy atom. The number of ether oxygens (including phenoxy) is 1. The molecule has 1 aliphatic rings. The Morgan fingerprint density at radius 1 is 1.24 bits per heavy atom. The topological polar surface area (TPSA) is 88.5 Å². The highest BCUT2D eigenvalue weighted by molar-refractivity contribution is 5.95. The van der Waals surface area contributed by atoms with Crippen molar-refractivity contribution in [2.75, 3.05) is 19.8 Å². The molecule has 0 bridgehead atoms. The van der Waals surface area contributed by atoms with Gasteiger partial charge in [0.25, 0.3) is 5.91 Å². The monoisotopic (exact) mass is 340 g/mol. The molecule has 2 N–H and O–H groups in total. The van der Waals surface area contributed by atoms with Crippen LogP contribution in [0.2, 0.25) is 0 Å². The van der Waals surface area contributed by atoms with E-state index in [2.05, 4.69) is 10.3 Å². The summed E-state index contributed by atoms with van der Waals surface area (Å²) in [6.07, 6.45) is 3.42. The van der Waals surface area contributed by atoms with Crippen LogP contribution in [-0.4, -0.2) is 41.7 Å². The van der Waals surface area contributed by atoms with Gasteiger partial charge in [0.2, 0.25) is 0 Å². The third-order valence-corrected chi connectivity index (χ3v) is 4.29. The lowest BCUT2D eigenvalue weighted by molar-refractivity contribution is 0.0696. The zero-order chi connectivity index (χ0) is 17.6. The Balaban J connectivity index is 1.67. The SMILES string of the molecule is O=C(O)c1ccnc(-c2cccc(C(=O)NCC[C@H]3CCOC3)c2)c1. The highest BCUT2D eigenvalue weighted by Gasteiger charge is 2.16. The van der Waals surface area contributed by atoms with Gasteiger partial charge in [-0.2, -0.15) is 0 Å². The van der Waals surface area contributed by atoms with Gasteiger partial charge in [-0.1, -0.05) is 12.1 Å². The number of hydrogen-bond acceptors (Lipinski definition) is 4. The molecule has 1 amide bonds. The van der Waals surface area contributed by atoms with Crippen molar-refractivity contribution in [3.8, 4) is 11.3 Å². The zero-order valence-electron chi connectivity index (χ0n) is 13.8. The van der Waals surface area contributed by atoms with Crippen molar-refractivity contribution in [2.24, 2.45) is 5.92 Å². The molecule has 130 valence electrons. The van der Waals surface area contributed by atoms with Crippen LogP contribution in [0.4, 0.5) is 0 Å². The van der Waals surface area contributed by atoms with Crippen molar-refractivity contribution in [1.29, 1.82) is 0 Å². The van der Waals surface area contributed by atoms with Crippen LogP contribution in [0.1, 0.15) is 33.6 Å². The molecule has 0 aliphatic carbocycles. The van der Waals surface area contributed by atoms with Crippen LogP contribution >= 0.6 is 0 Å². The normalized spacial score (nSPS) is 16.6. The number of hydrogen-bond donors (Lipinski definition) is 2. The predicted molar refractivity (Wildman–Crippen MR) is 92.5 cm³/mol. The molecule has 0 radical (unpaired) electrons. The van der Waals surface area contributed by atoms with E-state index in [0.717, 1.165) is 26.1 Å². The average Bonchev–Trinajstić information content (AvgIpc) is 3.15. The van der Waals surface area contributed by atoms with Gasteiger partial charge in [-0.25, -0.2) is 4.79 Å². The smallest absolute Gasteiger partial charge is 0.335 e. The maximum absolute atomic E-state index is 12.3. The van der Waals surface area contributed by atoms with Crippen LogP contribution in [0.25, 0.3) is 11.3 Å². The molecule has 1 aromatic carbocycles. The van der Waals surface area contributed by atoms with Crippen LogP contribution in [0.15, 0.2) is 42.6 Å². The standard InChI is InChI=1S/C19H20N2O4/c22-18(21-7-4-13-6-9-25-12-13)15-3-1-2-14(10-15)17-11-16(19(23)24)5-8-20-17/h1-3,5,8,10-11,13H,4,6-7,9,12H2,(H,21,22)(H,23,24)/t13-/m0/s1. The summed E-state index contributed by atoms with van der Waals surface area (Å²) in [6, 6.07) is 9.97. The summed E-state index contributed by atoms with van der Waals surface area (Å²) >= 11 is 0. The van der Waals surface area contributed by atoms with Crippen LogP contribution in [-0.2, 0) is 4.74 Å². The maximum atomic E-state index is 12.3. The van der Waals surface area contributed by atoms with Crippen LogP contribution < -0.4 is 5.32 Å². The molecule has 2 aromatic rings. The van der Waals surface area contributed by atoms with E-state index in [1.165, 1.54) is 18.3 Å². The molecular weight excluding hydrogens is 320 g/mol. The molecule has 1 aromatic heterocycles. The first kappa shape index (κ1) is 17.1. The number of pyridine rings is 1. The summed E-state index contributed by atoms with van der Waals surface area (Å²) in [4.78, 5) is 27.6. The van der Waals surface area contributed by atoms with E-state index in [4.69, 9.17) is 9.84 Å². The summed E-state index contributed by atoms with van der Waals surface area (Å²) in [6.45, 7) is 2.20. The Kier molecular flexibility index (Phi) is 5.40. The van der Waals surface area contributed by atoms with Gasteiger partial charge in [-0.3, -0.25) is 9.78 Å². The van der Waals surface area contributed by atoms with E-state index >= 15 is 0 Å². The minimum atomic E-state index is -1.01. The van der Waals surface area contributed by atoms with E-state index in [1.807, 2.05) is 0 Å². The van der Waals surface area contributed by atoms with Crippen molar-refractivity contribution in [3.63, 3.8) is 0 Å². The number of carboxylic acid groups (broad SMARTS) is 1. The van der Waals surface area contributed by atoms with Crippen molar-refractivity contribution in [2.45, 2.75) is 12.8 Å². The first-order valence-electron chi connectivity index (χ1n) is 8.29. The van der Waals surface area contributed by atoms with Crippen LogP contribution in [0.5, 0.6) is 0 Å². The maximum Gasteiger partial charge on any atom is 0.335 e. The lowest BCUT2D eigenvalue weighted by Gasteiger charge is -2.10. The summed E-state index contributed by atoms with van der Waals surface area (Å²) in [7, 11) is 0.